The van der Waals surface area contributed by atoms with Crippen LogP contribution in [-0.2, 0) is 0 Å². The number of benzene rings is 2. The van der Waals surface area contributed by atoms with Crippen LogP contribution in [0.1, 0.15) is 15.9 Å². The molecule has 0 atom stereocenters. The Kier molecular flexibility index (Phi) is 4.77. The first-order chi connectivity index (χ1) is 10.1. The maximum atomic E-state index is 12.1. The van der Waals surface area contributed by atoms with Gasteiger partial charge in [0.05, 0.1) is 7.11 Å². The largest absolute Gasteiger partial charge is 0.497 e. The second-order valence-corrected chi connectivity index (χ2v) is 4.92. The van der Waals surface area contributed by atoms with Gasteiger partial charge in [-0.3, -0.25) is 4.79 Å². The van der Waals surface area contributed by atoms with Crippen molar-refractivity contribution in [3.05, 3.63) is 65.7 Å². The molecule has 2 aromatic carbocycles. The quantitative estimate of drug-likeness (QED) is 0.619. The summed E-state index contributed by atoms with van der Waals surface area (Å²) in [7, 11) is 5.57. The summed E-state index contributed by atoms with van der Waals surface area (Å²) in [6.45, 7) is 0. The number of hydrogen-bond donors (Lipinski definition) is 0. The minimum atomic E-state index is -0.0110. The molecule has 0 N–H and O–H groups in total. The average molecular weight is 281 g/mol. The molecule has 0 amide bonds. The van der Waals surface area contributed by atoms with E-state index >= 15 is 0 Å². The van der Waals surface area contributed by atoms with Crippen molar-refractivity contribution in [3.8, 4) is 5.75 Å². The van der Waals surface area contributed by atoms with Crippen molar-refractivity contribution in [1.82, 2.24) is 0 Å². The first kappa shape index (κ1) is 14.9. The zero-order valence-corrected chi connectivity index (χ0v) is 12.5. The third-order valence-corrected chi connectivity index (χ3v) is 3.19. The number of nitrogens with zero attached hydrogens (tertiary/aromatic N) is 1. The number of ketones is 1. The van der Waals surface area contributed by atoms with Gasteiger partial charge in [0, 0.05) is 25.3 Å². The summed E-state index contributed by atoms with van der Waals surface area (Å²) in [6, 6.07) is 15.1. The smallest absolute Gasteiger partial charge is 0.185 e. The fraction of sp³-hybridized carbons (Fsp3) is 0.167. The molecule has 0 heterocycles. The third-order valence-electron chi connectivity index (χ3n) is 3.19. The monoisotopic (exact) mass is 281 g/mol. The summed E-state index contributed by atoms with van der Waals surface area (Å²) < 4.78 is 5.16. The molecule has 0 unspecified atom stereocenters. The summed E-state index contributed by atoms with van der Waals surface area (Å²) >= 11 is 0. The Labute approximate surface area is 125 Å². The van der Waals surface area contributed by atoms with Gasteiger partial charge in [-0.1, -0.05) is 18.2 Å². The van der Waals surface area contributed by atoms with E-state index in [4.69, 9.17) is 4.74 Å². The molecule has 0 saturated heterocycles. The normalized spacial score (nSPS) is 10.6. The highest BCUT2D eigenvalue weighted by Crippen LogP contribution is 2.15. The van der Waals surface area contributed by atoms with Crippen LogP contribution >= 0.6 is 0 Å². The molecular formula is C18H19NO2. The zero-order chi connectivity index (χ0) is 15.2. The molecule has 2 aromatic rings. The fourth-order valence-electron chi connectivity index (χ4n) is 1.94. The molecule has 0 aliphatic carbocycles. The number of methoxy groups -OCH3 is 1. The van der Waals surface area contributed by atoms with Crippen molar-refractivity contribution in [2.45, 2.75) is 0 Å². The first-order valence-corrected chi connectivity index (χ1v) is 6.74. The van der Waals surface area contributed by atoms with Crippen LogP contribution in [0.5, 0.6) is 5.75 Å². The molecule has 3 heteroatoms. The maximum Gasteiger partial charge on any atom is 0.185 e. The van der Waals surface area contributed by atoms with Gasteiger partial charge in [-0.25, -0.2) is 0 Å². The van der Waals surface area contributed by atoms with Crippen LogP contribution < -0.4 is 9.64 Å². The van der Waals surface area contributed by atoms with Gasteiger partial charge in [-0.15, -0.1) is 0 Å². The van der Waals surface area contributed by atoms with E-state index in [1.807, 2.05) is 67.5 Å². The van der Waals surface area contributed by atoms with Gasteiger partial charge in [-0.05, 0) is 48.0 Å². The lowest BCUT2D eigenvalue weighted by Crippen LogP contribution is -2.08. The second kappa shape index (κ2) is 6.75. The number of ether oxygens (including phenoxy) is 1. The molecule has 3 nitrogen and oxygen atoms in total. The molecule has 0 aromatic heterocycles. The zero-order valence-electron chi connectivity index (χ0n) is 12.5. The Morgan fingerprint density at radius 2 is 1.81 bits per heavy atom. The highest BCUT2D eigenvalue weighted by atomic mass is 16.5. The van der Waals surface area contributed by atoms with E-state index < -0.39 is 0 Å². The Balaban J connectivity index is 2.11. The fourth-order valence-corrected chi connectivity index (χ4v) is 1.94. The van der Waals surface area contributed by atoms with Crippen molar-refractivity contribution in [1.29, 1.82) is 0 Å². The number of anilines is 1. The number of allylic oxidation sites excluding steroid dienone is 1. The van der Waals surface area contributed by atoms with Gasteiger partial charge in [0.1, 0.15) is 5.75 Å². The maximum absolute atomic E-state index is 12.1. The van der Waals surface area contributed by atoms with Crippen LogP contribution in [0.2, 0.25) is 0 Å². The number of rotatable bonds is 5. The summed E-state index contributed by atoms with van der Waals surface area (Å²) in [5, 5.41) is 0. The van der Waals surface area contributed by atoms with Gasteiger partial charge in [0.2, 0.25) is 0 Å². The standard InChI is InChI=1S/C18H19NO2/c1-19(2)16-10-8-15(9-11-16)18(20)12-7-14-5-4-6-17(13-14)21-3/h4-13H,1-3H3/b12-7+. The summed E-state index contributed by atoms with van der Waals surface area (Å²) in [6.07, 6.45) is 3.38. The minimum Gasteiger partial charge on any atom is -0.497 e. The SMILES string of the molecule is COc1cccc(/C=C/C(=O)c2ccc(N(C)C)cc2)c1. The highest BCUT2D eigenvalue weighted by molar-refractivity contribution is 6.07. The highest BCUT2D eigenvalue weighted by Gasteiger charge is 2.02. The molecule has 0 aliphatic heterocycles. The molecule has 2 rings (SSSR count). The lowest BCUT2D eigenvalue weighted by molar-refractivity contribution is 0.104. The van der Waals surface area contributed by atoms with Gasteiger partial charge in [0.15, 0.2) is 5.78 Å². The predicted molar refractivity (Wildman–Crippen MR) is 87.1 cm³/mol. The van der Waals surface area contributed by atoms with E-state index in [0.717, 1.165) is 17.0 Å². The van der Waals surface area contributed by atoms with Gasteiger partial charge in [0.25, 0.3) is 0 Å². The summed E-state index contributed by atoms with van der Waals surface area (Å²) in [4.78, 5) is 14.1. The van der Waals surface area contributed by atoms with Crippen molar-refractivity contribution >= 4 is 17.5 Å². The van der Waals surface area contributed by atoms with Crippen LogP contribution in [0.15, 0.2) is 54.6 Å². The summed E-state index contributed by atoms with van der Waals surface area (Å²) in [5.74, 6) is 0.767. The van der Waals surface area contributed by atoms with Gasteiger partial charge in [-0.2, -0.15) is 0 Å². The molecule has 0 bridgehead atoms. The van der Waals surface area contributed by atoms with E-state index in [0.29, 0.717) is 5.56 Å². The number of carbonyl (C=O) groups excluding carboxylic acids is 1. The minimum absolute atomic E-state index is 0.0110. The predicted octanol–water partition coefficient (Wildman–Crippen LogP) is 3.66. The van der Waals surface area contributed by atoms with Gasteiger partial charge >= 0.3 is 0 Å². The topological polar surface area (TPSA) is 29.5 Å². The molecule has 0 fully saturated rings. The number of hydrogen-bond acceptors (Lipinski definition) is 3. The Morgan fingerprint density at radius 3 is 2.43 bits per heavy atom. The molecule has 21 heavy (non-hydrogen) atoms. The Bertz CT molecular complexity index is 643. The average Bonchev–Trinajstić information content (AvgIpc) is 2.53. The third kappa shape index (κ3) is 3.96. The van der Waals surface area contributed by atoms with Crippen molar-refractivity contribution in [3.63, 3.8) is 0 Å². The molecule has 0 spiro atoms. The molecule has 108 valence electrons. The van der Waals surface area contributed by atoms with E-state index in [9.17, 15) is 4.79 Å². The summed E-state index contributed by atoms with van der Waals surface area (Å²) in [5.41, 5.74) is 2.69. The molecular weight excluding hydrogens is 262 g/mol. The van der Waals surface area contributed by atoms with Crippen LogP contribution in [-0.4, -0.2) is 27.0 Å². The lowest BCUT2D eigenvalue weighted by atomic mass is 10.1. The lowest BCUT2D eigenvalue weighted by Gasteiger charge is -2.11. The van der Waals surface area contributed by atoms with E-state index in [1.54, 1.807) is 19.3 Å². The van der Waals surface area contributed by atoms with Crippen LogP contribution in [0.25, 0.3) is 6.08 Å². The van der Waals surface area contributed by atoms with Crippen molar-refractivity contribution in [2.75, 3.05) is 26.1 Å². The van der Waals surface area contributed by atoms with Crippen LogP contribution in [0.4, 0.5) is 5.69 Å². The Morgan fingerprint density at radius 1 is 1.10 bits per heavy atom. The molecule has 0 saturated carbocycles. The van der Waals surface area contributed by atoms with Crippen LogP contribution in [0, 0.1) is 0 Å². The van der Waals surface area contributed by atoms with E-state index in [2.05, 4.69) is 0 Å². The van der Waals surface area contributed by atoms with Gasteiger partial charge < -0.3 is 9.64 Å². The van der Waals surface area contributed by atoms with Crippen molar-refractivity contribution in [2.24, 2.45) is 0 Å². The Hall–Kier alpha value is -2.55. The van der Waals surface area contributed by atoms with E-state index in [1.165, 1.54) is 0 Å². The second-order valence-electron chi connectivity index (χ2n) is 4.92. The van der Waals surface area contributed by atoms with Crippen LogP contribution in [0.3, 0.4) is 0 Å². The first-order valence-electron chi connectivity index (χ1n) is 6.74. The molecule has 0 aliphatic rings. The van der Waals surface area contributed by atoms with Crippen molar-refractivity contribution < 1.29 is 9.53 Å². The molecule has 0 radical (unpaired) electrons. The van der Waals surface area contributed by atoms with E-state index in [-0.39, 0.29) is 5.78 Å². The number of carbonyl (C=O) groups is 1.